The highest BCUT2D eigenvalue weighted by Crippen LogP contribution is 2.13. The molecule has 29 heavy (non-hydrogen) atoms. The average molecular weight is 397 g/mol. The summed E-state index contributed by atoms with van der Waals surface area (Å²) < 4.78 is 4.85. The van der Waals surface area contributed by atoms with Crippen LogP contribution in [0.5, 0.6) is 0 Å². The highest BCUT2D eigenvalue weighted by Gasteiger charge is 2.09. The summed E-state index contributed by atoms with van der Waals surface area (Å²) in [4.78, 5) is 46.9. The molecule has 0 bridgehead atoms. The lowest BCUT2D eigenvalue weighted by atomic mass is 10.2. The van der Waals surface area contributed by atoms with Crippen LogP contribution >= 0.6 is 0 Å². The minimum absolute atomic E-state index is 0.0551. The third-order valence-electron chi connectivity index (χ3n) is 3.68. The van der Waals surface area contributed by atoms with Crippen molar-refractivity contribution in [3.63, 3.8) is 0 Å². The first-order valence-electron chi connectivity index (χ1n) is 8.47. The lowest BCUT2D eigenvalue weighted by Gasteiger charge is -2.11. The first-order chi connectivity index (χ1) is 13.8. The Morgan fingerprint density at radius 1 is 1.07 bits per heavy atom. The van der Waals surface area contributed by atoms with Crippen LogP contribution < -0.4 is 5.32 Å². The number of anilines is 1. The van der Waals surface area contributed by atoms with Gasteiger partial charge in [-0.15, -0.1) is 0 Å². The lowest BCUT2D eigenvalue weighted by molar-refractivity contribution is -0.384. The van der Waals surface area contributed by atoms with Crippen LogP contribution in [0.25, 0.3) is 6.08 Å². The number of rotatable bonds is 7. The van der Waals surface area contributed by atoms with Gasteiger partial charge in [0, 0.05) is 43.6 Å². The van der Waals surface area contributed by atoms with Crippen LogP contribution in [0.2, 0.25) is 0 Å². The Hall–Kier alpha value is -4.01. The monoisotopic (exact) mass is 397 g/mol. The van der Waals surface area contributed by atoms with E-state index in [0.29, 0.717) is 16.8 Å². The second-order valence-corrected chi connectivity index (χ2v) is 6.11. The van der Waals surface area contributed by atoms with Crippen LogP contribution in [0.3, 0.4) is 0 Å². The Labute approximate surface area is 166 Å². The molecule has 0 atom stereocenters. The van der Waals surface area contributed by atoms with Gasteiger partial charge in [-0.2, -0.15) is 0 Å². The predicted molar refractivity (Wildman–Crippen MR) is 106 cm³/mol. The topological polar surface area (TPSA) is 119 Å². The molecule has 0 aromatic heterocycles. The van der Waals surface area contributed by atoms with Crippen molar-refractivity contribution in [1.29, 1.82) is 0 Å². The molecule has 0 saturated heterocycles. The van der Waals surface area contributed by atoms with Gasteiger partial charge in [0.05, 0.1) is 4.92 Å². The molecular weight excluding hydrogens is 378 g/mol. The molecule has 2 amide bonds. The van der Waals surface area contributed by atoms with E-state index in [1.807, 2.05) is 0 Å². The number of esters is 1. The van der Waals surface area contributed by atoms with E-state index >= 15 is 0 Å². The number of amides is 2. The number of nitrogens with one attached hydrogen (secondary N) is 1. The van der Waals surface area contributed by atoms with E-state index in [-0.39, 0.29) is 11.6 Å². The molecule has 9 heteroatoms. The molecule has 2 aromatic rings. The van der Waals surface area contributed by atoms with Crippen LogP contribution in [0, 0.1) is 10.1 Å². The fraction of sp³-hybridized carbons (Fsp3) is 0.150. The van der Waals surface area contributed by atoms with E-state index in [0.717, 1.165) is 6.08 Å². The van der Waals surface area contributed by atoms with Gasteiger partial charge < -0.3 is 15.0 Å². The Bertz CT molecular complexity index is 934. The highest BCUT2D eigenvalue weighted by molar-refractivity contribution is 5.96. The van der Waals surface area contributed by atoms with Crippen molar-refractivity contribution in [3.8, 4) is 0 Å². The molecule has 0 spiro atoms. The molecule has 9 nitrogen and oxygen atoms in total. The van der Waals surface area contributed by atoms with Gasteiger partial charge in [-0.25, -0.2) is 4.79 Å². The number of carbonyl (C=O) groups excluding carboxylic acids is 3. The van der Waals surface area contributed by atoms with E-state index in [2.05, 4.69) is 5.32 Å². The maximum atomic E-state index is 11.9. The zero-order valence-electron chi connectivity index (χ0n) is 15.8. The van der Waals surface area contributed by atoms with Gasteiger partial charge in [0.1, 0.15) is 0 Å². The number of nitro benzene ring substituents is 1. The van der Waals surface area contributed by atoms with Gasteiger partial charge in [-0.1, -0.05) is 0 Å². The SMILES string of the molecule is CN(C)C(=O)c1ccc(NC(=O)COC(=O)/C=C/c2ccc([N+](=O)[O-])cc2)cc1. The second-order valence-electron chi connectivity index (χ2n) is 6.11. The molecule has 0 radical (unpaired) electrons. The molecule has 0 unspecified atom stereocenters. The Kier molecular flexibility index (Phi) is 7.19. The second kappa shape index (κ2) is 9.79. The van der Waals surface area contributed by atoms with E-state index in [4.69, 9.17) is 4.74 Å². The van der Waals surface area contributed by atoms with Gasteiger partial charge >= 0.3 is 5.97 Å². The smallest absolute Gasteiger partial charge is 0.331 e. The molecule has 0 saturated carbocycles. The number of benzene rings is 2. The normalized spacial score (nSPS) is 10.4. The van der Waals surface area contributed by atoms with E-state index in [9.17, 15) is 24.5 Å². The van der Waals surface area contributed by atoms with Crippen molar-refractivity contribution >= 4 is 35.2 Å². The summed E-state index contributed by atoms with van der Waals surface area (Å²) in [6.07, 6.45) is 2.54. The summed E-state index contributed by atoms with van der Waals surface area (Å²) in [6, 6.07) is 11.9. The molecule has 2 aromatic carbocycles. The summed E-state index contributed by atoms with van der Waals surface area (Å²) in [5, 5.41) is 13.1. The molecule has 0 aliphatic heterocycles. The van der Waals surface area contributed by atoms with Gasteiger partial charge in [-0.3, -0.25) is 19.7 Å². The Morgan fingerprint density at radius 2 is 1.69 bits per heavy atom. The average Bonchev–Trinajstić information content (AvgIpc) is 2.71. The first-order valence-corrected chi connectivity index (χ1v) is 8.47. The van der Waals surface area contributed by atoms with Crippen LogP contribution in [0.4, 0.5) is 11.4 Å². The molecule has 0 aliphatic rings. The summed E-state index contributed by atoms with van der Waals surface area (Å²) in [5.41, 5.74) is 1.46. The van der Waals surface area contributed by atoms with E-state index < -0.39 is 23.4 Å². The minimum Gasteiger partial charge on any atom is -0.452 e. The molecular formula is C20H19N3O6. The number of nitrogens with zero attached hydrogens (tertiary/aromatic N) is 2. The standard InChI is InChI=1S/C20H19N3O6/c1-22(2)20(26)15-6-8-16(9-7-15)21-18(24)13-29-19(25)12-5-14-3-10-17(11-4-14)23(27)28/h3-12H,13H2,1-2H3,(H,21,24)/b12-5+. The van der Waals surface area contributed by atoms with Gasteiger partial charge in [0.25, 0.3) is 17.5 Å². The van der Waals surface area contributed by atoms with Crippen LogP contribution in [0.15, 0.2) is 54.6 Å². The molecule has 150 valence electrons. The highest BCUT2D eigenvalue weighted by atomic mass is 16.6. The molecule has 2 rings (SSSR count). The Morgan fingerprint density at radius 3 is 2.24 bits per heavy atom. The van der Waals surface area contributed by atoms with Crippen LogP contribution in [-0.2, 0) is 14.3 Å². The Balaban J connectivity index is 1.81. The molecule has 1 N–H and O–H groups in total. The predicted octanol–water partition coefficient (Wildman–Crippen LogP) is 2.49. The summed E-state index contributed by atoms with van der Waals surface area (Å²) >= 11 is 0. The van der Waals surface area contributed by atoms with Crippen LogP contribution in [-0.4, -0.2) is 48.3 Å². The number of nitro groups is 1. The summed E-state index contributed by atoms with van der Waals surface area (Å²) in [6.45, 7) is -0.484. The minimum atomic E-state index is -0.731. The number of hydrogen-bond acceptors (Lipinski definition) is 6. The van der Waals surface area contributed by atoms with Gasteiger partial charge in [0.15, 0.2) is 6.61 Å². The van der Waals surface area contributed by atoms with E-state index in [1.165, 1.54) is 35.2 Å². The van der Waals surface area contributed by atoms with Crippen molar-refractivity contribution in [2.24, 2.45) is 0 Å². The van der Waals surface area contributed by atoms with Gasteiger partial charge in [0.2, 0.25) is 0 Å². The molecule has 0 aliphatic carbocycles. The number of non-ortho nitro benzene ring substituents is 1. The lowest BCUT2D eigenvalue weighted by Crippen LogP contribution is -2.22. The van der Waals surface area contributed by atoms with Crippen LogP contribution in [0.1, 0.15) is 15.9 Å². The summed E-state index contributed by atoms with van der Waals surface area (Å²) in [7, 11) is 3.28. The number of carbonyl (C=O) groups is 3. The van der Waals surface area contributed by atoms with Crippen molar-refractivity contribution in [3.05, 3.63) is 75.8 Å². The largest absolute Gasteiger partial charge is 0.452 e. The fourth-order valence-electron chi connectivity index (χ4n) is 2.21. The van der Waals surface area contributed by atoms with E-state index in [1.54, 1.807) is 38.4 Å². The maximum absolute atomic E-state index is 11.9. The third kappa shape index (κ3) is 6.58. The van der Waals surface area contributed by atoms with Crippen molar-refractivity contribution in [1.82, 2.24) is 4.90 Å². The fourth-order valence-corrected chi connectivity index (χ4v) is 2.21. The number of hydrogen-bond donors (Lipinski definition) is 1. The van der Waals surface area contributed by atoms with Crippen molar-refractivity contribution in [2.45, 2.75) is 0 Å². The first kappa shape index (κ1) is 21.3. The quantitative estimate of drug-likeness (QED) is 0.332. The maximum Gasteiger partial charge on any atom is 0.331 e. The zero-order valence-corrected chi connectivity index (χ0v) is 15.8. The third-order valence-corrected chi connectivity index (χ3v) is 3.68. The van der Waals surface area contributed by atoms with Gasteiger partial charge in [-0.05, 0) is 48.0 Å². The van der Waals surface area contributed by atoms with Crippen molar-refractivity contribution < 1.29 is 24.0 Å². The number of ether oxygens (including phenoxy) is 1. The van der Waals surface area contributed by atoms with Crippen molar-refractivity contribution in [2.75, 3.05) is 26.0 Å². The molecule has 0 fully saturated rings. The molecule has 0 heterocycles. The summed E-state index contributed by atoms with van der Waals surface area (Å²) in [5.74, 6) is -1.42. The zero-order chi connectivity index (χ0) is 21.4.